The highest BCUT2D eigenvalue weighted by Gasteiger charge is 2.43. The minimum absolute atomic E-state index is 0.636. The lowest BCUT2D eigenvalue weighted by Crippen LogP contribution is -2.59. The van der Waals surface area contributed by atoms with Gasteiger partial charge in [0.2, 0.25) is 5.88 Å². The average molecular weight is 219 g/mol. The minimum Gasteiger partial charge on any atom is -0.481 e. The number of hydrogen-bond acceptors (Lipinski definition) is 4. The van der Waals surface area contributed by atoms with Crippen LogP contribution in [0.5, 0.6) is 5.88 Å². The Hall–Kier alpha value is -1.29. The summed E-state index contributed by atoms with van der Waals surface area (Å²) in [6.45, 7) is 2.30. The van der Waals surface area contributed by atoms with Gasteiger partial charge in [0, 0.05) is 12.1 Å². The number of anilines is 1. The molecule has 2 atom stereocenters. The molecule has 0 aromatic carbocycles. The number of nitrogens with zero attached hydrogens (tertiary/aromatic N) is 1. The quantitative estimate of drug-likeness (QED) is 0.799. The topological polar surface area (TPSA) is 46.2 Å². The highest BCUT2D eigenvalue weighted by molar-refractivity contribution is 5.44. The molecule has 2 bridgehead atoms. The van der Waals surface area contributed by atoms with Crippen LogP contribution in [0.15, 0.2) is 18.3 Å². The monoisotopic (exact) mass is 219 g/mol. The number of aromatic nitrogens is 1. The normalized spacial score (nSPS) is 31.7. The second-order valence-electron chi connectivity index (χ2n) is 4.67. The van der Waals surface area contributed by atoms with E-state index in [-0.39, 0.29) is 0 Å². The van der Waals surface area contributed by atoms with E-state index in [2.05, 4.69) is 15.6 Å². The highest BCUT2D eigenvalue weighted by Crippen LogP contribution is 2.38. The van der Waals surface area contributed by atoms with Crippen molar-refractivity contribution in [2.75, 3.05) is 25.5 Å². The number of nitrogens with one attached hydrogen (secondary N) is 2. The van der Waals surface area contributed by atoms with E-state index in [1.165, 1.54) is 6.42 Å². The molecule has 2 fully saturated rings. The van der Waals surface area contributed by atoms with Crippen molar-refractivity contribution < 1.29 is 4.74 Å². The fourth-order valence-corrected chi connectivity index (χ4v) is 2.76. The molecule has 1 saturated heterocycles. The third-order valence-corrected chi connectivity index (χ3v) is 3.71. The molecule has 3 rings (SSSR count). The van der Waals surface area contributed by atoms with Gasteiger partial charge in [0.15, 0.2) is 0 Å². The first-order chi connectivity index (χ1) is 7.86. The molecule has 2 N–H and O–H groups in total. The molecule has 1 aromatic heterocycles. The number of piperidine rings is 2. The number of hydrogen-bond donors (Lipinski definition) is 2. The van der Waals surface area contributed by atoms with Crippen molar-refractivity contribution >= 4 is 5.69 Å². The summed E-state index contributed by atoms with van der Waals surface area (Å²) < 4.78 is 5.04. The Bertz CT molecular complexity index is 351. The Balaban J connectivity index is 1.65. The van der Waals surface area contributed by atoms with Gasteiger partial charge in [-0.05, 0) is 37.4 Å². The van der Waals surface area contributed by atoms with Gasteiger partial charge in [-0.2, -0.15) is 0 Å². The molecule has 0 radical (unpaired) electrons. The summed E-state index contributed by atoms with van der Waals surface area (Å²) in [5.41, 5.74) is 1.10. The zero-order valence-corrected chi connectivity index (χ0v) is 9.44. The largest absolute Gasteiger partial charge is 0.481 e. The van der Waals surface area contributed by atoms with Crippen molar-refractivity contribution in [2.45, 2.75) is 12.5 Å². The Labute approximate surface area is 95.4 Å². The summed E-state index contributed by atoms with van der Waals surface area (Å²) >= 11 is 0. The van der Waals surface area contributed by atoms with Crippen molar-refractivity contribution in [1.82, 2.24) is 10.3 Å². The third-order valence-electron chi connectivity index (χ3n) is 3.71. The maximum absolute atomic E-state index is 5.04. The Kier molecular flexibility index (Phi) is 2.44. The van der Waals surface area contributed by atoms with E-state index in [4.69, 9.17) is 4.74 Å². The summed E-state index contributed by atoms with van der Waals surface area (Å²) in [6, 6.07) is 4.57. The fraction of sp³-hybridized carbons (Fsp3) is 0.583. The van der Waals surface area contributed by atoms with Crippen LogP contribution in [0.3, 0.4) is 0 Å². The fourth-order valence-electron chi connectivity index (χ4n) is 2.76. The molecule has 0 amide bonds. The summed E-state index contributed by atoms with van der Waals surface area (Å²) in [7, 11) is 1.64. The average Bonchev–Trinajstić information content (AvgIpc) is 2.37. The molecule has 4 nitrogen and oxygen atoms in total. The van der Waals surface area contributed by atoms with Crippen LogP contribution in [0.25, 0.3) is 0 Å². The van der Waals surface area contributed by atoms with Crippen LogP contribution in [0.1, 0.15) is 6.42 Å². The lowest BCUT2D eigenvalue weighted by molar-refractivity contribution is 0.110. The molecule has 4 heteroatoms. The van der Waals surface area contributed by atoms with E-state index in [0.29, 0.717) is 11.9 Å². The third kappa shape index (κ3) is 1.63. The molecule has 2 heterocycles. The van der Waals surface area contributed by atoms with Crippen molar-refractivity contribution in [2.24, 2.45) is 11.8 Å². The highest BCUT2D eigenvalue weighted by atomic mass is 16.5. The second-order valence-corrected chi connectivity index (χ2v) is 4.67. The molecule has 16 heavy (non-hydrogen) atoms. The number of pyridine rings is 1. The van der Waals surface area contributed by atoms with Crippen LogP contribution < -0.4 is 15.4 Å². The number of methoxy groups -OCH3 is 1. The van der Waals surface area contributed by atoms with Gasteiger partial charge in [-0.1, -0.05) is 0 Å². The van der Waals surface area contributed by atoms with Gasteiger partial charge in [0.05, 0.1) is 19.0 Å². The van der Waals surface area contributed by atoms with Crippen molar-refractivity contribution in [3.05, 3.63) is 18.3 Å². The van der Waals surface area contributed by atoms with Crippen molar-refractivity contribution in [3.8, 4) is 5.88 Å². The maximum atomic E-state index is 5.04. The molecule has 1 aliphatic heterocycles. The molecule has 86 valence electrons. The summed E-state index contributed by atoms with van der Waals surface area (Å²) in [5, 5.41) is 7.02. The standard InChI is InChI=1S/C12H17N3O/c1-16-11-3-2-10(7-14-11)15-12-8-4-9(12)6-13-5-8/h2-3,7-9,12-13,15H,4-6H2,1H3. The number of rotatable bonds is 3. The van der Waals surface area contributed by atoms with E-state index in [1.807, 2.05) is 18.3 Å². The van der Waals surface area contributed by atoms with Crippen LogP contribution in [0, 0.1) is 11.8 Å². The van der Waals surface area contributed by atoms with Crippen LogP contribution in [-0.4, -0.2) is 31.2 Å². The summed E-state index contributed by atoms with van der Waals surface area (Å²) in [4.78, 5) is 4.20. The SMILES string of the molecule is COc1ccc(NC2C3CNCC2C3)cn1. The van der Waals surface area contributed by atoms with Crippen molar-refractivity contribution in [1.29, 1.82) is 0 Å². The molecular weight excluding hydrogens is 202 g/mol. The van der Waals surface area contributed by atoms with Gasteiger partial charge >= 0.3 is 0 Å². The molecule has 1 aliphatic carbocycles. The predicted octanol–water partition coefficient (Wildman–Crippen LogP) is 1.11. The van der Waals surface area contributed by atoms with E-state index in [0.717, 1.165) is 30.6 Å². The van der Waals surface area contributed by atoms with Crippen LogP contribution >= 0.6 is 0 Å². The first-order valence-electron chi connectivity index (χ1n) is 5.84. The first kappa shape index (κ1) is 9.90. The number of ether oxygens (including phenoxy) is 1. The molecule has 0 spiro atoms. The lowest BCUT2D eigenvalue weighted by Gasteiger charge is -2.50. The Morgan fingerprint density at radius 2 is 2.19 bits per heavy atom. The second kappa shape index (κ2) is 3.94. The Morgan fingerprint density at radius 1 is 1.38 bits per heavy atom. The molecular formula is C12H17N3O. The Morgan fingerprint density at radius 3 is 2.75 bits per heavy atom. The van der Waals surface area contributed by atoms with Gasteiger partial charge in [-0.15, -0.1) is 0 Å². The van der Waals surface area contributed by atoms with Gasteiger partial charge in [-0.25, -0.2) is 4.98 Å². The zero-order valence-electron chi connectivity index (χ0n) is 9.44. The maximum Gasteiger partial charge on any atom is 0.213 e. The molecule has 1 saturated carbocycles. The lowest BCUT2D eigenvalue weighted by atomic mass is 9.67. The summed E-state index contributed by atoms with van der Waals surface area (Å²) in [6.07, 6.45) is 3.22. The molecule has 1 aromatic rings. The van der Waals surface area contributed by atoms with E-state index < -0.39 is 0 Å². The predicted molar refractivity (Wildman–Crippen MR) is 62.7 cm³/mol. The zero-order chi connectivity index (χ0) is 11.0. The van der Waals surface area contributed by atoms with Gasteiger partial charge in [-0.3, -0.25) is 0 Å². The van der Waals surface area contributed by atoms with Gasteiger partial charge in [0.25, 0.3) is 0 Å². The van der Waals surface area contributed by atoms with Crippen LogP contribution in [0.4, 0.5) is 5.69 Å². The van der Waals surface area contributed by atoms with Gasteiger partial charge < -0.3 is 15.4 Å². The number of fused-ring (bicyclic) bond motifs is 2. The van der Waals surface area contributed by atoms with E-state index in [1.54, 1.807) is 7.11 Å². The molecule has 2 aliphatic rings. The smallest absolute Gasteiger partial charge is 0.213 e. The summed E-state index contributed by atoms with van der Waals surface area (Å²) in [5.74, 6) is 2.25. The van der Waals surface area contributed by atoms with Gasteiger partial charge in [0.1, 0.15) is 0 Å². The first-order valence-corrected chi connectivity index (χ1v) is 5.84. The molecule has 2 unspecified atom stereocenters. The van der Waals surface area contributed by atoms with Crippen LogP contribution in [0.2, 0.25) is 0 Å². The minimum atomic E-state index is 0.636. The van der Waals surface area contributed by atoms with E-state index >= 15 is 0 Å². The van der Waals surface area contributed by atoms with Crippen molar-refractivity contribution in [3.63, 3.8) is 0 Å². The van der Waals surface area contributed by atoms with Crippen LogP contribution in [-0.2, 0) is 0 Å². The van der Waals surface area contributed by atoms with E-state index in [9.17, 15) is 0 Å².